The Balaban J connectivity index is 2.44. The molecule has 0 unspecified atom stereocenters. The molecule has 0 fully saturated rings. The van der Waals surface area contributed by atoms with Crippen LogP contribution in [0.15, 0.2) is 23.3 Å². The van der Waals surface area contributed by atoms with E-state index in [0.29, 0.717) is 19.0 Å². The van der Waals surface area contributed by atoms with Gasteiger partial charge in [-0.25, -0.2) is 4.98 Å². The fourth-order valence-corrected chi connectivity index (χ4v) is 1.82. The van der Waals surface area contributed by atoms with Gasteiger partial charge in [0.1, 0.15) is 0 Å². The van der Waals surface area contributed by atoms with Gasteiger partial charge in [0.15, 0.2) is 5.96 Å². The summed E-state index contributed by atoms with van der Waals surface area (Å²) in [4.78, 5) is 8.50. The summed E-state index contributed by atoms with van der Waals surface area (Å²) in [6.07, 6.45) is 4.84. The highest BCUT2D eigenvalue weighted by atomic mass is 16.5. The van der Waals surface area contributed by atoms with Crippen LogP contribution >= 0.6 is 0 Å². The number of unbranched alkanes of at least 4 members (excludes halogenated alkanes) is 1. The second-order valence-electron chi connectivity index (χ2n) is 4.87. The number of hydrogen-bond acceptors (Lipinski definition) is 4. The summed E-state index contributed by atoms with van der Waals surface area (Å²) >= 11 is 0. The molecular weight excluding hydrogens is 280 g/mol. The minimum absolute atomic E-state index is 0.624. The van der Waals surface area contributed by atoms with Crippen LogP contribution in [0.25, 0.3) is 0 Å². The van der Waals surface area contributed by atoms with Gasteiger partial charge in [-0.3, -0.25) is 4.99 Å². The van der Waals surface area contributed by atoms with Gasteiger partial charge in [0.25, 0.3) is 0 Å². The Labute approximate surface area is 133 Å². The summed E-state index contributed by atoms with van der Waals surface area (Å²) in [5.74, 6) is 1.46. The molecule has 0 spiro atoms. The maximum Gasteiger partial charge on any atom is 0.218 e. The molecule has 2 N–H and O–H groups in total. The lowest BCUT2D eigenvalue weighted by Gasteiger charge is -2.14. The monoisotopic (exact) mass is 308 g/mol. The fourth-order valence-electron chi connectivity index (χ4n) is 1.82. The maximum absolute atomic E-state index is 5.73. The number of hydrogen-bond donors (Lipinski definition) is 2. The molecule has 0 amide bonds. The first kappa shape index (κ1) is 18.2. The first-order valence-electron chi connectivity index (χ1n) is 7.82. The smallest absolute Gasteiger partial charge is 0.218 e. The van der Waals surface area contributed by atoms with Crippen molar-refractivity contribution in [3.8, 4) is 5.88 Å². The number of pyridine rings is 1. The molecule has 0 saturated heterocycles. The highest BCUT2D eigenvalue weighted by molar-refractivity contribution is 5.79. The van der Waals surface area contributed by atoms with Crippen LogP contribution in [-0.2, 0) is 11.3 Å². The van der Waals surface area contributed by atoms with Crippen LogP contribution in [0.1, 0.15) is 31.7 Å². The minimum atomic E-state index is 0.624. The molecule has 0 bridgehead atoms. The molecule has 0 aliphatic carbocycles. The Morgan fingerprint density at radius 3 is 2.86 bits per heavy atom. The van der Waals surface area contributed by atoms with E-state index in [0.717, 1.165) is 43.9 Å². The molecule has 1 heterocycles. The third-order valence-electron chi connectivity index (χ3n) is 3.07. The van der Waals surface area contributed by atoms with Crippen LogP contribution in [0.4, 0.5) is 0 Å². The number of aliphatic imine (C=N–C) groups is 1. The molecule has 0 aliphatic heterocycles. The van der Waals surface area contributed by atoms with Gasteiger partial charge >= 0.3 is 0 Å². The Bertz CT molecular complexity index is 438. The van der Waals surface area contributed by atoms with Crippen molar-refractivity contribution in [1.82, 2.24) is 15.6 Å². The third-order valence-corrected chi connectivity index (χ3v) is 3.07. The third kappa shape index (κ3) is 7.26. The number of methoxy groups -OCH3 is 1. The molecule has 1 aromatic rings. The van der Waals surface area contributed by atoms with E-state index in [1.54, 1.807) is 20.4 Å². The molecule has 22 heavy (non-hydrogen) atoms. The van der Waals surface area contributed by atoms with Gasteiger partial charge in [0.2, 0.25) is 5.88 Å². The predicted molar refractivity (Wildman–Crippen MR) is 89.3 cm³/mol. The van der Waals surface area contributed by atoms with Crippen LogP contribution in [0.3, 0.4) is 0 Å². The normalized spacial score (nSPS) is 11.3. The first-order chi connectivity index (χ1) is 10.8. The minimum Gasteiger partial charge on any atom is -0.477 e. The summed E-state index contributed by atoms with van der Waals surface area (Å²) in [5, 5.41) is 6.52. The number of ether oxygens (including phenoxy) is 2. The zero-order valence-corrected chi connectivity index (χ0v) is 13.9. The van der Waals surface area contributed by atoms with Crippen molar-refractivity contribution in [2.45, 2.75) is 32.7 Å². The van der Waals surface area contributed by atoms with Crippen molar-refractivity contribution < 1.29 is 9.47 Å². The lowest BCUT2D eigenvalue weighted by Crippen LogP contribution is -2.37. The van der Waals surface area contributed by atoms with E-state index in [4.69, 9.17) is 9.47 Å². The SMILES string of the molecule is CCCCOc1ncccc1CNC(=NC)NCCCOC. The van der Waals surface area contributed by atoms with Crippen LogP contribution < -0.4 is 15.4 Å². The van der Waals surface area contributed by atoms with Gasteiger partial charge < -0.3 is 20.1 Å². The molecule has 0 radical (unpaired) electrons. The highest BCUT2D eigenvalue weighted by Gasteiger charge is 2.05. The van der Waals surface area contributed by atoms with E-state index in [2.05, 4.69) is 27.5 Å². The van der Waals surface area contributed by atoms with Crippen molar-refractivity contribution in [3.63, 3.8) is 0 Å². The molecule has 0 aliphatic rings. The van der Waals surface area contributed by atoms with Crippen LogP contribution in [0, 0.1) is 0 Å². The Morgan fingerprint density at radius 1 is 1.27 bits per heavy atom. The van der Waals surface area contributed by atoms with Gasteiger partial charge in [-0.05, 0) is 18.9 Å². The Hall–Kier alpha value is -1.82. The average molecular weight is 308 g/mol. The fraction of sp³-hybridized carbons (Fsp3) is 0.625. The predicted octanol–water partition coefficient (Wildman–Crippen LogP) is 1.96. The number of rotatable bonds is 10. The quantitative estimate of drug-likeness (QED) is 0.393. The second kappa shape index (κ2) is 11.8. The van der Waals surface area contributed by atoms with Gasteiger partial charge in [-0.15, -0.1) is 0 Å². The van der Waals surface area contributed by atoms with Crippen molar-refractivity contribution in [1.29, 1.82) is 0 Å². The van der Waals surface area contributed by atoms with Crippen molar-refractivity contribution in [2.75, 3.05) is 33.9 Å². The van der Waals surface area contributed by atoms with E-state index in [1.165, 1.54) is 0 Å². The number of guanidine groups is 1. The number of aromatic nitrogens is 1. The second-order valence-corrected chi connectivity index (χ2v) is 4.87. The summed E-state index contributed by atoms with van der Waals surface area (Å²) in [6.45, 7) is 5.02. The molecule has 1 rings (SSSR count). The standard InChI is InChI=1S/C16H28N4O2/c1-4-5-12-22-15-14(8-6-9-18-15)13-20-16(17-2)19-10-7-11-21-3/h6,8-9H,4-5,7,10-13H2,1-3H3,(H2,17,19,20). The molecule has 6 nitrogen and oxygen atoms in total. The molecular formula is C16H28N4O2. The van der Waals surface area contributed by atoms with E-state index in [1.807, 2.05) is 12.1 Å². The van der Waals surface area contributed by atoms with E-state index < -0.39 is 0 Å². The van der Waals surface area contributed by atoms with E-state index >= 15 is 0 Å². The summed E-state index contributed by atoms with van der Waals surface area (Å²) in [7, 11) is 3.46. The van der Waals surface area contributed by atoms with E-state index in [-0.39, 0.29) is 0 Å². The van der Waals surface area contributed by atoms with Crippen LogP contribution in [-0.4, -0.2) is 44.9 Å². The van der Waals surface area contributed by atoms with Gasteiger partial charge in [0, 0.05) is 45.6 Å². The molecule has 0 atom stereocenters. The van der Waals surface area contributed by atoms with Gasteiger partial charge in [0.05, 0.1) is 6.61 Å². The summed E-state index contributed by atoms with van der Waals surface area (Å²) in [6, 6.07) is 3.93. The molecule has 6 heteroatoms. The Morgan fingerprint density at radius 2 is 2.14 bits per heavy atom. The molecule has 124 valence electrons. The van der Waals surface area contributed by atoms with E-state index in [9.17, 15) is 0 Å². The number of nitrogens with zero attached hydrogens (tertiary/aromatic N) is 2. The zero-order chi connectivity index (χ0) is 16.0. The number of nitrogens with one attached hydrogen (secondary N) is 2. The van der Waals surface area contributed by atoms with Crippen molar-refractivity contribution >= 4 is 5.96 Å². The molecule has 0 saturated carbocycles. The summed E-state index contributed by atoms with van der Waals surface area (Å²) < 4.78 is 10.8. The van der Waals surface area contributed by atoms with Crippen molar-refractivity contribution in [3.05, 3.63) is 23.9 Å². The highest BCUT2D eigenvalue weighted by Crippen LogP contribution is 2.14. The van der Waals surface area contributed by atoms with Gasteiger partial charge in [-0.2, -0.15) is 0 Å². The van der Waals surface area contributed by atoms with Crippen molar-refractivity contribution in [2.24, 2.45) is 4.99 Å². The van der Waals surface area contributed by atoms with Crippen LogP contribution in [0.2, 0.25) is 0 Å². The topological polar surface area (TPSA) is 67.8 Å². The summed E-state index contributed by atoms with van der Waals surface area (Å²) in [5.41, 5.74) is 1.03. The average Bonchev–Trinajstić information content (AvgIpc) is 2.55. The lowest BCUT2D eigenvalue weighted by atomic mass is 10.2. The Kier molecular flexibility index (Phi) is 9.78. The molecule has 1 aromatic heterocycles. The zero-order valence-electron chi connectivity index (χ0n) is 13.9. The first-order valence-corrected chi connectivity index (χ1v) is 7.82. The lowest BCUT2D eigenvalue weighted by molar-refractivity contribution is 0.195. The maximum atomic E-state index is 5.73. The van der Waals surface area contributed by atoms with Gasteiger partial charge in [-0.1, -0.05) is 19.4 Å². The largest absolute Gasteiger partial charge is 0.477 e. The van der Waals surface area contributed by atoms with Crippen LogP contribution in [0.5, 0.6) is 5.88 Å². The molecule has 0 aromatic carbocycles.